The third-order valence-electron chi connectivity index (χ3n) is 5.90. The van der Waals surface area contributed by atoms with Crippen LogP contribution in [0.15, 0.2) is 0 Å². The number of amides is 1. The van der Waals surface area contributed by atoms with Crippen LogP contribution in [0.3, 0.4) is 0 Å². The summed E-state index contributed by atoms with van der Waals surface area (Å²) >= 11 is 0. The van der Waals surface area contributed by atoms with Gasteiger partial charge in [-0.1, -0.05) is 32.1 Å². The minimum Gasteiger partial charge on any atom is -0.379 e. The van der Waals surface area contributed by atoms with E-state index in [9.17, 15) is 13.2 Å². The zero-order valence-corrected chi connectivity index (χ0v) is 16.5. The number of piperidine rings is 1. The summed E-state index contributed by atoms with van der Waals surface area (Å²) in [5.41, 5.74) is 0. The largest absolute Gasteiger partial charge is 0.379 e. The van der Waals surface area contributed by atoms with Gasteiger partial charge in [-0.3, -0.25) is 4.79 Å². The lowest BCUT2D eigenvalue weighted by Gasteiger charge is -2.36. The number of ether oxygens (including phenoxy) is 1. The fourth-order valence-electron chi connectivity index (χ4n) is 4.21. The fraction of sp³-hybridized carbons (Fsp3) is 0.944. The van der Waals surface area contributed by atoms with Gasteiger partial charge >= 0.3 is 0 Å². The highest BCUT2D eigenvalue weighted by Gasteiger charge is 2.35. The molecule has 2 heterocycles. The molecule has 1 N–H and O–H groups in total. The smallest absolute Gasteiger partial charge is 0.282 e. The van der Waals surface area contributed by atoms with Crippen LogP contribution in [0.4, 0.5) is 0 Å². The number of morpholine rings is 1. The first kappa shape index (κ1) is 20.0. The van der Waals surface area contributed by atoms with Crippen LogP contribution in [0.2, 0.25) is 0 Å². The molecule has 0 aromatic heterocycles. The van der Waals surface area contributed by atoms with E-state index in [2.05, 4.69) is 5.32 Å². The van der Waals surface area contributed by atoms with Gasteiger partial charge in [0.1, 0.15) is 0 Å². The highest BCUT2D eigenvalue weighted by Crippen LogP contribution is 2.23. The van der Waals surface area contributed by atoms with Crippen LogP contribution in [0, 0.1) is 5.92 Å². The van der Waals surface area contributed by atoms with Crippen LogP contribution >= 0.6 is 0 Å². The Hall–Kier alpha value is -0.700. The van der Waals surface area contributed by atoms with Crippen molar-refractivity contribution in [2.45, 2.75) is 63.8 Å². The van der Waals surface area contributed by atoms with E-state index >= 15 is 0 Å². The molecule has 1 amide bonds. The van der Waals surface area contributed by atoms with Gasteiger partial charge in [0.15, 0.2) is 0 Å². The van der Waals surface area contributed by atoms with Crippen molar-refractivity contribution in [2.75, 3.05) is 39.4 Å². The molecule has 0 aromatic rings. The number of hydrogen-bond acceptors (Lipinski definition) is 4. The molecule has 0 radical (unpaired) electrons. The standard InChI is InChI=1S/C18H33N3O4S/c22-18(19-17-6-4-2-1-3-5-7-17)16-8-10-20(11-9-16)26(23,24)21-12-14-25-15-13-21/h16-17H,1-15H2,(H,19,22). The molecule has 8 heteroatoms. The molecule has 0 atom stereocenters. The summed E-state index contributed by atoms with van der Waals surface area (Å²) in [4.78, 5) is 12.6. The predicted octanol–water partition coefficient (Wildman–Crippen LogP) is 1.50. The molecule has 3 aliphatic rings. The molecule has 7 nitrogen and oxygen atoms in total. The van der Waals surface area contributed by atoms with E-state index in [-0.39, 0.29) is 11.8 Å². The number of hydrogen-bond donors (Lipinski definition) is 1. The minimum absolute atomic E-state index is 0.0587. The summed E-state index contributed by atoms with van der Waals surface area (Å²) in [6.07, 6.45) is 9.63. The minimum atomic E-state index is -3.42. The molecular weight excluding hydrogens is 354 g/mol. The van der Waals surface area contributed by atoms with Crippen LogP contribution < -0.4 is 5.32 Å². The topological polar surface area (TPSA) is 79.0 Å². The van der Waals surface area contributed by atoms with Crippen molar-refractivity contribution in [2.24, 2.45) is 5.92 Å². The van der Waals surface area contributed by atoms with Crippen LogP contribution in [-0.2, 0) is 19.7 Å². The van der Waals surface area contributed by atoms with Gasteiger partial charge in [-0.05, 0) is 25.7 Å². The average Bonchev–Trinajstić information content (AvgIpc) is 2.64. The van der Waals surface area contributed by atoms with E-state index < -0.39 is 10.2 Å². The van der Waals surface area contributed by atoms with Crippen molar-refractivity contribution in [1.82, 2.24) is 13.9 Å². The number of carbonyl (C=O) groups excluding carboxylic acids is 1. The average molecular weight is 388 g/mol. The second-order valence-corrected chi connectivity index (χ2v) is 9.67. The molecule has 1 aliphatic carbocycles. The molecule has 0 unspecified atom stereocenters. The van der Waals surface area contributed by atoms with E-state index in [4.69, 9.17) is 4.74 Å². The van der Waals surface area contributed by atoms with Gasteiger partial charge in [0.2, 0.25) is 5.91 Å². The van der Waals surface area contributed by atoms with Crippen LogP contribution in [0.1, 0.15) is 57.8 Å². The van der Waals surface area contributed by atoms with Crippen molar-refractivity contribution >= 4 is 16.1 Å². The molecule has 0 aromatic carbocycles. The SMILES string of the molecule is O=C(NC1CCCCCCC1)C1CCN(S(=O)(=O)N2CCOCC2)CC1. The Labute approximate surface area is 157 Å². The van der Waals surface area contributed by atoms with Crippen molar-refractivity contribution in [3.05, 3.63) is 0 Å². The summed E-state index contributed by atoms with van der Waals surface area (Å²) in [7, 11) is -3.42. The normalized spacial score (nSPS) is 26.2. The van der Waals surface area contributed by atoms with Crippen molar-refractivity contribution in [3.8, 4) is 0 Å². The first-order valence-electron chi connectivity index (χ1n) is 10.2. The third-order valence-corrected chi connectivity index (χ3v) is 7.93. The predicted molar refractivity (Wildman–Crippen MR) is 99.9 cm³/mol. The number of rotatable bonds is 4. The van der Waals surface area contributed by atoms with E-state index in [1.807, 2.05) is 0 Å². The monoisotopic (exact) mass is 387 g/mol. The summed E-state index contributed by atoms with van der Waals surface area (Å²) in [5.74, 6) is 0.0653. The Bertz CT molecular complexity index is 547. The second-order valence-electron chi connectivity index (χ2n) is 7.74. The van der Waals surface area contributed by atoms with Gasteiger partial charge in [0, 0.05) is 38.1 Å². The Morgan fingerprint density at radius 1 is 0.808 bits per heavy atom. The molecular formula is C18H33N3O4S. The molecule has 1 saturated carbocycles. The lowest BCUT2D eigenvalue weighted by molar-refractivity contribution is -0.127. The van der Waals surface area contributed by atoms with Gasteiger partial charge in [0.05, 0.1) is 13.2 Å². The molecule has 150 valence electrons. The zero-order valence-electron chi connectivity index (χ0n) is 15.7. The molecule has 26 heavy (non-hydrogen) atoms. The summed E-state index contributed by atoms with van der Waals surface area (Å²) in [6.45, 7) is 2.62. The summed E-state index contributed by atoms with van der Waals surface area (Å²) < 4.78 is 33.7. The van der Waals surface area contributed by atoms with Gasteiger partial charge in [-0.25, -0.2) is 0 Å². The van der Waals surface area contributed by atoms with Gasteiger partial charge < -0.3 is 10.1 Å². The Morgan fingerprint density at radius 3 is 1.96 bits per heavy atom. The molecule has 0 bridgehead atoms. The maximum atomic E-state index is 12.7. The van der Waals surface area contributed by atoms with Crippen LogP contribution in [0.5, 0.6) is 0 Å². The second kappa shape index (κ2) is 9.48. The first-order valence-corrected chi connectivity index (χ1v) is 11.6. The lowest BCUT2D eigenvalue weighted by atomic mass is 9.94. The fourth-order valence-corrected chi connectivity index (χ4v) is 5.82. The highest BCUT2D eigenvalue weighted by molar-refractivity contribution is 7.86. The highest BCUT2D eigenvalue weighted by atomic mass is 32.2. The maximum absolute atomic E-state index is 12.7. The van der Waals surface area contributed by atoms with E-state index in [1.165, 1.54) is 40.7 Å². The van der Waals surface area contributed by atoms with Crippen LogP contribution in [-0.4, -0.2) is 68.4 Å². The molecule has 3 fully saturated rings. The molecule has 3 rings (SSSR count). The quantitative estimate of drug-likeness (QED) is 0.793. The zero-order chi connectivity index (χ0) is 18.4. The van der Waals surface area contributed by atoms with E-state index in [1.54, 1.807) is 0 Å². The molecule has 2 saturated heterocycles. The lowest BCUT2D eigenvalue weighted by Crippen LogP contribution is -2.52. The first-order chi connectivity index (χ1) is 12.6. The van der Waals surface area contributed by atoms with Crippen molar-refractivity contribution < 1.29 is 17.9 Å². The Kier molecular flexibility index (Phi) is 7.31. The van der Waals surface area contributed by atoms with Gasteiger partial charge in [-0.2, -0.15) is 17.0 Å². The van der Waals surface area contributed by atoms with Gasteiger partial charge in [0.25, 0.3) is 10.2 Å². The molecule has 0 spiro atoms. The third kappa shape index (κ3) is 5.18. The summed E-state index contributed by atoms with van der Waals surface area (Å²) in [6, 6.07) is 0.304. The van der Waals surface area contributed by atoms with Crippen molar-refractivity contribution in [3.63, 3.8) is 0 Å². The van der Waals surface area contributed by atoms with Crippen LogP contribution in [0.25, 0.3) is 0 Å². The maximum Gasteiger partial charge on any atom is 0.282 e. The number of nitrogens with one attached hydrogen (secondary N) is 1. The van der Waals surface area contributed by atoms with E-state index in [0.717, 1.165) is 12.8 Å². The number of nitrogens with zero attached hydrogens (tertiary/aromatic N) is 2. The summed E-state index contributed by atoms with van der Waals surface area (Å²) in [5, 5.41) is 3.24. The number of carbonyl (C=O) groups is 1. The van der Waals surface area contributed by atoms with E-state index in [0.29, 0.717) is 58.3 Å². The Morgan fingerprint density at radius 2 is 1.35 bits per heavy atom. The van der Waals surface area contributed by atoms with Crippen molar-refractivity contribution in [1.29, 1.82) is 0 Å². The molecule has 2 aliphatic heterocycles. The Balaban J connectivity index is 1.47. The van der Waals surface area contributed by atoms with Gasteiger partial charge in [-0.15, -0.1) is 0 Å².